The fourth-order valence-electron chi connectivity index (χ4n) is 0. The SMILES string of the molecule is C=CC(N)=O.[Zn].[Zn]. The summed E-state index contributed by atoms with van der Waals surface area (Å²) in [5, 5.41) is 0. The van der Waals surface area contributed by atoms with Crippen LogP contribution in [0, 0.1) is 0 Å². The summed E-state index contributed by atoms with van der Waals surface area (Å²) in [5.74, 6) is -0.481. The molecular formula is C3H5NOZn2. The predicted octanol–water partition coefficient (Wildman–Crippen LogP) is -0.347. The van der Waals surface area contributed by atoms with E-state index >= 15 is 0 Å². The van der Waals surface area contributed by atoms with Gasteiger partial charge in [-0.25, -0.2) is 0 Å². The summed E-state index contributed by atoms with van der Waals surface area (Å²) < 4.78 is 0. The van der Waals surface area contributed by atoms with Crippen LogP contribution in [-0.2, 0) is 43.8 Å². The van der Waals surface area contributed by atoms with E-state index < -0.39 is 5.91 Å². The molecule has 0 aromatic rings. The number of nitrogens with two attached hydrogens (primary N) is 1. The molecule has 0 fully saturated rings. The Bertz CT molecular complexity index is 64.0. The van der Waals surface area contributed by atoms with Gasteiger partial charge in [-0.1, -0.05) is 6.58 Å². The third-order valence-corrected chi connectivity index (χ3v) is 0.201. The summed E-state index contributed by atoms with van der Waals surface area (Å²) in [6.07, 6.45) is 1.06. The molecule has 1 amide bonds. The average molecular weight is 202 g/mol. The van der Waals surface area contributed by atoms with Crippen molar-refractivity contribution in [1.82, 2.24) is 0 Å². The maximum atomic E-state index is 9.47. The van der Waals surface area contributed by atoms with Crippen LogP contribution in [0.3, 0.4) is 0 Å². The van der Waals surface area contributed by atoms with E-state index in [-0.39, 0.29) is 39.0 Å². The van der Waals surface area contributed by atoms with Crippen molar-refractivity contribution in [2.45, 2.75) is 0 Å². The van der Waals surface area contributed by atoms with Gasteiger partial charge in [-0.2, -0.15) is 0 Å². The van der Waals surface area contributed by atoms with Gasteiger partial charge in [-0.3, -0.25) is 4.79 Å². The molecule has 2 N–H and O–H groups in total. The number of rotatable bonds is 1. The van der Waals surface area contributed by atoms with Gasteiger partial charge in [0, 0.05) is 39.0 Å². The van der Waals surface area contributed by atoms with Gasteiger partial charge in [0.2, 0.25) is 5.91 Å². The normalized spacial score (nSPS) is 4.57. The first-order chi connectivity index (χ1) is 2.27. The standard InChI is InChI=1S/C3H5NO.2Zn/c1-2-3(4)5;;/h2H,1H2,(H2,4,5);;. The van der Waals surface area contributed by atoms with Crippen molar-refractivity contribution < 1.29 is 43.8 Å². The van der Waals surface area contributed by atoms with Gasteiger partial charge in [0.25, 0.3) is 0 Å². The predicted molar refractivity (Wildman–Crippen MR) is 19.4 cm³/mol. The van der Waals surface area contributed by atoms with E-state index in [4.69, 9.17) is 0 Å². The second-order valence-corrected chi connectivity index (χ2v) is 0.606. The zero-order valence-corrected chi connectivity index (χ0v) is 10.1. The van der Waals surface area contributed by atoms with Gasteiger partial charge in [0.1, 0.15) is 0 Å². The molecule has 7 heavy (non-hydrogen) atoms. The van der Waals surface area contributed by atoms with Crippen LogP contribution in [0.2, 0.25) is 0 Å². The Hall–Kier alpha value is 0.457. The van der Waals surface area contributed by atoms with Gasteiger partial charge in [-0.05, 0) is 6.08 Å². The molecule has 32 valence electrons. The van der Waals surface area contributed by atoms with Crippen LogP contribution in [0.15, 0.2) is 12.7 Å². The third kappa shape index (κ3) is 21.2. The monoisotopic (exact) mass is 199 g/mol. The minimum Gasteiger partial charge on any atom is -0.366 e. The first-order valence-corrected chi connectivity index (χ1v) is 1.19. The smallest absolute Gasteiger partial charge is 0.240 e. The summed E-state index contributed by atoms with van der Waals surface area (Å²) in [6.45, 7) is 3.09. The van der Waals surface area contributed by atoms with Crippen molar-refractivity contribution in [2.75, 3.05) is 0 Å². The maximum absolute atomic E-state index is 9.47. The molecule has 4 heteroatoms. The summed E-state index contributed by atoms with van der Waals surface area (Å²) in [5.41, 5.74) is 4.53. The summed E-state index contributed by atoms with van der Waals surface area (Å²) in [4.78, 5) is 9.47. The largest absolute Gasteiger partial charge is 0.366 e. The first kappa shape index (κ1) is 15.7. The van der Waals surface area contributed by atoms with Crippen molar-refractivity contribution in [1.29, 1.82) is 0 Å². The number of amides is 1. The van der Waals surface area contributed by atoms with Crippen molar-refractivity contribution in [3.63, 3.8) is 0 Å². The second kappa shape index (κ2) is 9.68. The molecule has 0 bridgehead atoms. The van der Waals surface area contributed by atoms with Gasteiger partial charge < -0.3 is 5.73 Å². The van der Waals surface area contributed by atoms with E-state index in [0.717, 1.165) is 6.08 Å². The van der Waals surface area contributed by atoms with E-state index in [1.54, 1.807) is 0 Å². The Balaban J connectivity index is -0.0000000800. The number of hydrogen-bond acceptors (Lipinski definition) is 1. The Morgan fingerprint density at radius 1 is 1.57 bits per heavy atom. The molecule has 0 unspecified atom stereocenters. The summed E-state index contributed by atoms with van der Waals surface area (Å²) in [6, 6.07) is 0. The van der Waals surface area contributed by atoms with Crippen LogP contribution < -0.4 is 5.73 Å². The van der Waals surface area contributed by atoms with E-state index in [2.05, 4.69) is 12.3 Å². The quantitative estimate of drug-likeness (QED) is 0.458. The van der Waals surface area contributed by atoms with Crippen molar-refractivity contribution in [3.05, 3.63) is 12.7 Å². The Morgan fingerprint density at radius 2 is 1.71 bits per heavy atom. The number of carbonyl (C=O) groups is 1. The van der Waals surface area contributed by atoms with Crippen molar-refractivity contribution >= 4 is 5.91 Å². The van der Waals surface area contributed by atoms with Gasteiger partial charge in [0.05, 0.1) is 0 Å². The Labute approximate surface area is 68.0 Å². The number of hydrogen-bond donors (Lipinski definition) is 1. The molecule has 0 heterocycles. The van der Waals surface area contributed by atoms with Gasteiger partial charge in [0.15, 0.2) is 0 Å². The molecule has 0 aliphatic rings. The van der Waals surface area contributed by atoms with Crippen LogP contribution >= 0.6 is 0 Å². The third-order valence-electron chi connectivity index (χ3n) is 0.201. The molecular weight excluding hydrogens is 197 g/mol. The van der Waals surface area contributed by atoms with E-state index in [0.29, 0.717) is 0 Å². The maximum Gasteiger partial charge on any atom is 0.240 e. The van der Waals surface area contributed by atoms with Crippen LogP contribution in [-0.4, -0.2) is 5.91 Å². The Kier molecular flexibility index (Phi) is 21.6. The fourth-order valence-corrected chi connectivity index (χ4v) is 0. The molecule has 0 aliphatic heterocycles. The fraction of sp³-hybridized carbons (Fsp3) is 0. The second-order valence-electron chi connectivity index (χ2n) is 0.606. The minimum absolute atomic E-state index is 0. The number of primary amides is 1. The summed E-state index contributed by atoms with van der Waals surface area (Å²) >= 11 is 0. The zero-order chi connectivity index (χ0) is 4.28. The molecule has 0 saturated heterocycles. The van der Waals surface area contributed by atoms with Crippen molar-refractivity contribution in [3.8, 4) is 0 Å². The van der Waals surface area contributed by atoms with Crippen LogP contribution in [0.1, 0.15) is 0 Å². The van der Waals surface area contributed by atoms with Gasteiger partial charge >= 0.3 is 0 Å². The van der Waals surface area contributed by atoms with Crippen LogP contribution in [0.5, 0.6) is 0 Å². The zero-order valence-electron chi connectivity index (χ0n) is 4.18. The first-order valence-electron chi connectivity index (χ1n) is 1.19. The molecule has 0 aromatic heterocycles. The van der Waals surface area contributed by atoms with E-state index in [1.807, 2.05) is 0 Å². The summed E-state index contributed by atoms with van der Waals surface area (Å²) in [7, 11) is 0. The Morgan fingerprint density at radius 3 is 1.71 bits per heavy atom. The molecule has 0 aromatic carbocycles. The minimum atomic E-state index is -0.481. The van der Waals surface area contributed by atoms with E-state index in [1.165, 1.54) is 0 Å². The van der Waals surface area contributed by atoms with Crippen LogP contribution in [0.25, 0.3) is 0 Å². The van der Waals surface area contributed by atoms with Crippen LogP contribution in [0.4, 0.5) is 0 Å². The molecule has 0 spiro atoms. The molecule has 2 nitrogen and oxygen atoms in total. The molecule has 0 aliphatic carbocycles. The topological polar surface area (TPSA) is 43.1 Å². The average Bonchev–Trinajstić information content (AvgIpc) is 1.38. The molecule has 0 saturated carbocycles. The van der Waals surface area contributed by atoms with Gasteiger partial charge in [-0.15, -0.1) is 0 Å². The molecule has 0 atom stereocenters. The van der Waals surface area contributed by atoms with Crippen molar-refractivity contribution in [2.24, 2.45) is 5.73 Å². The molecule has 0 rings (SSSR count). The molecule has 0 radical (unpaired) electrons. The van der Waals surface area contributed by atoms with E-state index in [9.17, 15) is 4.79 Å². The number of carbonyl (C=O) groups excluding carboxylic acids is 1.